The van der Waals surface area contributed by atoms with Crippen LogP contribution in [0.15, 0.2) is 15.7 Å². The number of aliphatic hydroxyl groups is 1. The third-order valence-corrected chi connectivity index (χ3v) is 3.89. The van der Waals surface area contributed by atoms with E-state index >= 15 is 0 Å². The topological polar surface area (TPSA) is 133 Å². The van der Waals surface area contributed by atoms with Crippen molar-refractivity contribution in [3.8, 4) is 0 Å². The van der Waals surface area contributed by atoms with Crippen LogP contribution in [-0.2, 0) is 9.59 Å². The minimum Gasteiger partial charge on any atom is -0.481 e. The number of nitrogens with one attached hydrogen (secondary N) is 1. The fraction of sp³-hybridized carbons (Fsp3) is 0.571. The molecule has 126 valence electrons. The number of carboxylic acids is 1. The van der Waals surface area contributed by atoms with Gasteiger partial charge in [-0.1, -0.05) is 0 Å². The summed E-state index contributed by atoms with van der Waals surface area (Å²) in [6.07, 6.45) is -0.723. The van der Waals surface area contributed by atoms with E-state index < -0.39 is 29.4 Å². The fourth-order valence-corrected chi connectivity index (χ4v) is 2.81. The quantitative estimate of drug-likeness (QED) is 0.626. The maximum absolute atomic E-state index is 12.0. The third kappa shape index (κ3) is 3.86. The zero-order valence-electron chi connectivity index (χ0n) is 12.7. The van der Waals surface area contributed by atoms with Crippen LogP contribution in [0, 0.1) is 6.92 Å². The van der Waals surface area contributed by atoms with Crippen molar-refractivity contribution in [2.75, 3.05) is 13.1 Å². The van der Waals surface area contributed by atoms with Gasteiger partial charge >= 0.3 is 11.7 Å². The van der Waals surface area contributed by atoms with Crippen LogP contribution >= 0.6 is 0 Å². The molecular formula is C14H19N3O6. The first-order chi connectivity index (χ1) is 10.8. The average Bonchev–Trinajstić information content (AvgIpc) is 2.79. The molecule has 0 bridgehead atoms. The number of H-pyrrole nitrogens is 1. The first-order valence-corrected chi connectivity index (χ1v) is 7.29. The van der Waals surface area contributed by atoms with Gasteiger partial charge < -0.3 is 15.1 Å². The molecule has 1 aromatic rings. The minimum atomic E-state index is -0.965. The number of aromatic amines is 1. The Morgan fingerprint density at radius 2 is 2.00 bits per heavy atom. The first kappa shape index (κ1) is 16.9. The largest absolute Gasteiger partial charge is 0.481 e. The number of β-amino-alcohol motifs (C(OH)–C–C–N with tert-alkyl or cyclic N) is 1. The fourth-order valence-electron chi connectivity index (χ4n) is 2.81. The van der Waals surface area contributed by atoms with Crippen LogP contribution in [0.5, 0.6) is 0 Å². The van der Waals surface area contributed by atoms with E-state index in [0.29, 0.717) is 5.69 Å². The number of hydrogen-bond donors (Lipinski definition) is 3. The monoisotopic (exact) mass is 325 g/mol. The molecule has 1 fully saturated rings. The Hall–Kier alpha value is -2.42. The summed E-state index contributed by atoms with van der Waals surface area (Å²) >= 11 is 0. The Bertz CT molecular complexity index is 722. The second-order valence-electron chi connectivity index (χ2n) is 5.63. The van der Waals surface area contributed by atoms with Crippen LogP contribution in [0.3, 0.4) is 0 Å². The molecule has 3 N–H and O–H groups in total. The SMILES string of the molecule is Cc1cc(=O)[nH]c(=O)n1[C@@H]1CN(C(=O)CCCC(=O)O)C[C@H]1O. The minimum absolute atomic E-state index is 0.0710. The number of aromatic nitrogens is 2. The summed E-state index contributed by atoms with van der Waals surface area (Å²) in [6, 6.07) is 0.619. The Balaban J connectivity index is 2.10. The molecule has 0 aliphatic carbocycles. The van der Waals surface area contributed by atoms with Crippen molar-refractivity contribution in [1.29, 1.82) is 0 Å². The molecule has 2 atom stereocenters. The van der Waals surface area contributed by atoms with Gasteiger partial charge in [-0.05, 0) is 13.3 Å². The molecular weight excluding hydrogens is 306 g/mol. The molecule has 9 nitrogen and oxygen atoms in total. The lowest BCUT2D eigenvalue weighted by Gasteiger charge is -2.19. The van der Waals surface area contributed by atoms with Crippen LogP contribution in [0.4, 0.5) is 0 Å². The molecule has 0 spiro atoms. The number of amides is 1. The second kappa shape index (κ2) is 6.78. The number of likely N-dealkylation sites (tertiary alicyclic amines) is 1. The van der Waals surface area contributed by atoms with Crippen molar-refractivity contribution in [2.45, 2.75) is 38.3 Å². The maximum Gasteiger partial charge on any atom is 0.328 e. The highest BCUT2D eigenvalue weighted by molar-refractivity contribution is 5.77. The van der Waals surface area contributed by atoms with E-state index in [-0.39, 0.29) is 38.3 Å². The Labute approximate surface area is 131 Å². The number of carboxylic acid groups (broad SMARTS) is 1. The van der Waals surface area contributed by atoms with Crippen LogP contribution in [0.1, 0.15) is 31.0 Å². The van der Waals surface area contributed by atoms with Crippen LogP contribution in [0.2, 0.25) is 0 Å². The molecule has 0 radical (unpaired) electrons. The molecule has 23 heavy (non-hydrogen) atoms. The highest BCUT2D eigenvalue weighted by atomic mass is 16.4. The van der Waals surface area contributed by atoms with Crippen LogP contribution < -0.4 is 11.2 Å². The van der Waals surface area contributed by atoms with Gasteiger partial charge in [0.2, 0.25) is 5.91 Å². The summed E-state index contributed by atoms with van der Waals surface area (Å²) in [6.45, 7) is 1.79. The van der Waals surface area contributed by atoms with Crippen molar-refractivity contribution in [3.05, 3.63) is 32.6 Å². The van der Waals surface area contributed by atoms with Gasteiger partial charge in [0.05, 0.1) is 12.1 Å². The molecule has 1 aliphatic rings. The average molecular weight is 325 g/mol. The number of carbonyl (C=O) groups excluding carboxylic acids is 1. The highest BCUT2D eigenvalue weighted by Gasteiger charge is 2.36. The summed E-state index contributed by atoms with van der Waals surface area (Å²) in [7, 11) is 0. The summed E-state index contributed by atoms with van der Waals surface area (Å²) in [4.78, 5) is 49.3. The normalized spacial score (nSPS) is 20.7. The van der Waals surface area contributed by atoms with Gasteiger partial charge in [0.15, 0.2) is 0 Å². The van der Waals surface area contributed by atoms with E-state index in [9.17, 15) is 24.3 Å². The van der Waals surface area contributed by atoms with Gasteiger partial charge in [-0.3, -0.25) is 23.9 Å². The van der Waals surface area contributed by atoms with E-state index in [1.807, 2.05) is 0 Å². The summed E-state index contributed by atoms with van der Waals surface area (Å²) in [5.41, 5.74) is -0.736. The number of aryl methyl sites for hydroxylation is 1. The molecule has 2 heterocycles. The first-order valence-electron chi connectivity index (χ1n) is 7.29. The lowest BCUT2D eigenvalue weighted by molar-refractivity contribution is -0.137. The van der Waals surface area contributed by atoms with Crippen LogP contribution in [-0.4, -0.2) is 55.7 Å². The summed E-state index contributed by atoms with van der Waals surface area (Å²) in [5, 5.41) is 18.7. The number of nitrogens with zero attached hydrogens (tertiary/aromatic N) is 2. The van der Waals surface area contributed by atoms with Gasteiger partial charge in [-0.25, -0.2) is 4.79 Å². The van der Waals surface area contributed by atoms with Crippen molar-refractivity contribution in [2.24, 2.45) is 0 Å². The molecule has 1 amide bonds. The molecule has 1 saturated heterocycles. The molecule has 1 aliphatic heterocycles. The summed E-state index contributed by atoms with van der Waals surface area (Å²) in [5.74, 6) is -1.23. The van der Waals surface area contributed by atoms with Crippen molar-refractivity contribution in [1.82, 2.24) is 14.5 Å². The predicted octanol–water partition coefficient (Wildman–Crippen LogP) is -1.16. The second-order valence-corrected chi connectivity index (χ2v) is 5.63. The molecule has 1 aromatic heterocycles. The zero-order chi connectivity index (χ0) is 17.1. The zero-order valence-corrected chi connectivity index (χ0v) is 12.7. The van der Waals surface area contributed by atoms with E-state index in [1.165, 1.54) is 15.5 Å². The molecule has 0 unspecified atom stereocenters. The number of hydrogen-bond acceptors (Lipinski definition) is 5. The molecule has 0 aromatic carbocycles. The van der Waals surface area contributed by atoms with Gasteiger partial charge in [0.25, 0.3) is 5.56 Å². The Morgan fingerprint density at radius 1 is 1.30 bits per heavy atom. The number of rotatable bonds is 5. The number of aliphatic hydroxyl groups excluding tert-OH is 1. The Kier molecular flexibility index (Phi) is 4.99. The smallest absolute Gasteiger partial charge is 0.328 e. The highest BCUT2D eigenvalue weighted by Crippen LogP contribution is 2.22. The van der Waals surface area contributed by atoms with E-state index in [4.69, 9.17) is 5.11 Å². The molecule has 9 heteroatoms. The van der Waals surface area contributed by atoms with Crippen molar-refractivity contribution >= 4 is 11.9 Å². The van der Waals surface area contributed by atoms with Gasteiger partial charge in [-0.2, -0.15) is 0 Å². The van der Waals surface area contributed by atoms with E-state index in [2.05, 4.69) is 4.98 Å². The third-order valence-electron chi connectivity index (χ3n) is 3.89. The lowest BCUT2D eigenvalue weighted by atomic mass is 10.2. The lowest BCUT2D eigenvalue weighted by Crippen LogP contribution is -2.38. The standard InChI is InChI=1S/C14H19N3O6/c1-8-5-11(19)15-14(23)17(8)9-6-16(7-10(9)18)12(20)3-2-4-13(21)22/h5,9-10,18H,2-4,6-7H2,1H3,(H,21,22)(H,15,19,23)/t9-,10-/m1/s1. The molecule has 2 rings (SSSR count). The van der Waals surface area contributed by atoms with Crippen LogP contribution in [0.25, 0.3) is 0 Å². The molecule has 0 saturated carbocycles. The van der Waals surface area contributed by atoms with Gasteiger partial charge in [0.1, 0.15) is 0 Å². The van der Waals surface area contributed by atoms with Crippen molar-refractivity contribution < 1.29 is 19.8 Å². The Morgan fingerprint density at radius 3 is 2.61 bits per heavy atom. The van der Waals surface area contributed by atoms with E-state index in [1.54, 1.807) is 6.92 Å². The van der Waals surface area contributed by atoms with Gasteiger partial charge in [-0.15, -0.1) is 0 Å². The summed E-state index contributed by atoms with van der Waals surface area (Å²) < 4.78 is 1.27. The van der Waals surface area contributed by atoms with Crippen molar-refractivity contribution in [3.63, 3.8) is 0 Å². The van der Waals surface area contributed by atoms with Gasteiger partial charge in [0, 0.05) is 37.7 Å². The number of carbonyl (C=O) groups is 2. The van der Waals surface area contributed by atoms with E-state index in [0.717, 1.165) is 0 Å². The maximum atomic E-state index is 12.0. The number of aliphatic carboxylic acids is 1. The predicted molar refractivity (Wildman–Crippen MR) is 79.2 cm³/mol.